The lowest BCUT2D eigenvalue weighted by Gasteiger charge is -2.27. The van der Waals surface area contributed by atoms with Gasteiger partial charge in [-0.15, -0.1) is 0 Å². The summed E-state index contributed by atoms with van der Waals surface area (Å²) in [6, 6.07) is 11.7. The zero-order valence-electron chi connectivity index (χ0n) is 14.7. The van der Waals surface area contributed by atoms with E-state index in [-0.39, 0.29) is 11.3 Å². The lowest BCUT2D eigenvalue weighted by atomic mass is 9.86. The van der Waals surface area contributed by atoms with Crippen LogP contribution in [-0.2, 0) is 5.41 Å². The van der Waals surface area contributed by atoms with Gasteiger partial charge in [-0.05, 0) is 42.2 Å². The van der Waals surface area contributed by atoms with Gasteiger partial charge in [0, 0.05) is 12.1 Å². The maximum Gasteiger partial charge on any atom is 0.255 e. The fourth-order valence-electron chi connectivity index (χ4n) is 2.68. The molecule has 0 saturated heterocycles. The van der Waals surface area contributed by atoms with Crippen molar-refractivity contribution in [1.82, 2.24) is 0 Å². The third-order valence-corrected chi connectivity index (χ3v) is 4.18. The van der Waals surface area contributed by atoms with Gasteiger partial charge >= 0.3 is 0 Å². The molecule has 1 amide bonds. The van der Waals surface area contributed by atoms with E-state index < -0.39 is 0 Å². The molecule has 3 rings (SSSR count). The Bertz CT molecular complexity index is 758. The molecule has 0 unspecified atom stereocenters. The minimum atomic E-state index is -0.127. The van der Waals surface area contributed by atoms with E-state index in [1.165, 1.54) is 0 Å². The van der Waals surface area contributed by atoms with Crippen LogP contribution in [0.15, 0.2) is 36.4 Å². The van der Waals surface area contributed by atoms with Gasteiger partial charge in [0.15, 0.2) is 5.75 Å². The molecule has 2 aromatic carbocycles. The summed E-state index contributed by atoms with van der Waals surface area (Å²) in [5, 5.41) is 6.37. The second kappa shape index (κ2) is 6.19. The molecule has 126 valence electrons. The Labute approximate surface area is 143 Å². The Balaban J connectivity index is 1.96. The number of nitrogens with one attached hydrogen (secondary N) is 2. The third kappa shape index (κ3) is 3.37. The number of carbonyl (C=O) groups excluding carboxylic acids is 1. The molecule has 0 fully saturated rings. The summed E-state index contributed by atoms with van der Waals surface area (Å²) in [5.74, 6) is 0.590. The van der Waals surface area contributed by atoms with Crippen LogP contribution in [-0.4, -0.2) is 19.1 Å². The van der Waals surface area contributed by atoms with Crippen LogP contribution in [0.4, 0.5) is 11.4 Å². The first kappa shape index (κ1) is 16.4. The van der Waals surface area contributed by atoms with Crippen molar-refractivity contribution in [3.63, 3.8) is 0 Å². The first-order valence-corrected chi connectivity index (χ1v) is 8.28. The average Bonchev–Trinajstić information content (AvgIpc) is 2.54. The number of aryl methyl sites for hydroxylation is 1. The van der Waals surface area contributed by atoms with Crippen molar-refractivity contribution in [2.45, 2.75) is 33.1 Å². The Morgan fingerprint density at radius 3 is 2.54 bits per heavy atom. The molecule has 4 heteroatoms. The van der Waals surface area contributed by atoms with E-state index in [1.54, 1.807) is 0 Å². The van der Waals surface area contributed by atoms with Crippen LogP contribution in [0.3, 0.4) is 0 Å². The molecule has 1 aliphatic rings. The number of fused-ring (bicyclic) bond motifs is 1. The van der Waals surface area contributed by atoms with Crippen molar-refractivity contribution in [2.24, 2.45) is 0 Å². The number of benzene rings is 2. The SMILES string of the molecule is Cc1ccc(C(=O)Nc2cc(C(C)(C)C)cc3c2OCCN3)cc1. The fraction of sp³-hybridized carbons (Fsp3) is 0.350. The van der Waals surface area contributed by atoms with Crippen LogP contribution in [0, 0.1) is 6.92 Å². The van der Waals surface area contributed by atoms with Gasteiger partial charge in [-0.25, -0.2) is 0 Å². The number of anilines is 2. The first-order chi connectivity index (χ1) is 11.3. The van der Waals surface area contributed by atoms with Crippen molar-refractivity contribution < 1.29 is 9.53 Å². The predicted molar refractivity (Wildman–Crippen MR) is 98.3 cm³/mol. The van der Waals surface area contributed by atoms with Crippen molar-refractivity contribution in [2.75, 3.05) is 23.8 Å². The van der Waals surface area contributed by atoms with E-state index in [0.717, 1.165) is 34.8 Å². The van der Waals surface area contributed by atoms with E-state index in [2.05, 4.69) is 37.5 Å². The highest BCUT2D eigenvalue weighted by atomic mass is 16.5. The molecule has 1 aliphatic heterocycles. The van der Waals surface area contributed by atoms with Crippen LogP contribution in [0.2, 0.25) is 0 Å². The molecule has 4 nitrogen and oxygen atoms in total. The van der Waals surface area contributed by atoms with Crippen molar-refractivity contribution in [3.05, 3.63) is 53.1 Å². The zero-order chi connectivity index (χ0) is 17.3. The molecule has 0 bridgehead atoms. The van der Waals surface area contributed by atoms with Gasteiger partial charge in [-0.3, -0.25) is 4.79 Å². The molecule has 2 N–H and O–H groups in total. The average molecular weight is 324 g/mol. The maximum atomic E-state index is 12.6. The topological polar surface area (TPSA) is 50.4 Å². The van der Waals surface area contributed by atoms with Crippen molar-refractivity contribution >= 4 is 17.3 Å². The number of ether oxygens (including phenoxy) is 1. The van der Waals surface area contributed by atoms with Gasteiger partial charge in [0.2, 0.25) is 0 Å². The van der Waals surface area contributed by atoms with E-state index in [4.69, 9.17) is 4.74 Å². The van der Waals surface area contributed by atoms with Crippen LogP contribution in [0.5, 0.6) is 5.75 Å². The summed E-state index contributed by atoms with van der Waals surface area (Å²) in [6.45, 7) is 9.84. The molecule has 2 aromatic rings. The normalized spacial score (nSPS) is 13.5. The van der Waals surface area contributed by atoms with Crippen LogP contribution in [0.25, 0.3) is 0 Å². The summed E-state index contributed by atoms with van der Waals surface area (Å²) in [5.41, 5.74) is 4.56. The molecule has 24 heavy (non-hydrogen) atoms. The maximum absolute atomic E-state index is 12.6. The molecule has 0 atom stereocenters. The summed E-state index contributed by atoms with van der Waals surface area (Å²) < 4.78 is 5.80. The lowest BCUT2D eigenvalue weighted by molar-refractivity contribution is 0.102. The Hall–Kier alpha value is -2.49. The van der Waals surface area contributed by atoms with Gasteiger partial charge in [-0.1, -0.05) is 38.5 Å². The summed E-state index contributed by atoms with van der Waals surface area (Å²) >= 11 is 0. The van der Waals surface area contributed by atoms with Crippen LogP contribution < -0.4 is 15.4 Å². The van der Waals surface area contributed by atoms with E-state index in [1.807, 2.05) is 37.3 Å². The van der Waals surface area contributed by atoms with E-state index in [9.17, 15) is 4.79 Å². The van der Waals surface area contributed by atoms with Crippen LogP contribution in [0.1, 0.15) is 42.3 Å². The Morgan fingerprint density at radius 2 is 1.88 bits per heavy atom. The van der Waals surface area contributed by atoms with Gasteiger partial charge in [-0.2, -0.15) is 0 Å². The van der Waals surface area contributed by atoms with Gasteiger partial charge in [0.05, 0.1) is 11.4 Å². The highest BCUT2D eigenvalue weighted by molar-refractivity contribution is 6.05. The number of carbonyl (C=O) groups is 1. The second-order valence-electron chi connectivity index (χ2n) is 7.25. The van der Waals surface area contributed by atoms with Gasteiger partial charge in [0.1, 0.15) is 6.61 Å². The molecule has 0 saturated carbocycles. The third-order valence-electron chi connectivity index (χ3n) is 4.18. The molecule has 0 spiro atoms. The summed E-state index contributed by atoms with van der Waals surface area (Å²) in [6.07, 6.45) is 0. The molecule has 0 aliphatic carbocycles. The van der Waals surface area contributed by atoms with Crippen molar-refractivity contribution in [3.8, 4) is 5.75 Å². The fourth-order valence-corrected chi connectivity index (χ4v) is 2.68. The highest BCUT2D eigenvalue weighted by Crippen LogP contribution is 2.40. The number of hydrogen-bond acceptors (Lipinski definition) is 3. The van der Waals surface area contributed by atoms with Gasteiger partial charge in [0.25, 0.3) is 5.91 Å². The largest absolute Gasteiger partial charge is 0.487 e. The van der Waals surface area contributed by atoms with E-state index in [0.29, 0.717) is 12.2 Å². The monoisotopic (exact) mass is 324 g/mol. The summed E-state index contributed by atoms with van der Waals surface area (Å²) in [4.78, 5) is 12.6. The number of rotatable bonds is 2. The minimum absolute atomic E-state index is 0.0164. The lowest BCUT2D eigenvalue weighted by Crippen LogP contribution is -2.22. The van der Waals surface area contributed by atoms with Crippen molar-refractivity contribution in [1.29, 1.82) is 0 Å². The zero-order valence-corrected chi connectivity index (χ0v) is 14.7. The van der Waals surface area contributed by atoms with Crippen LogP contribution >= 0.6 is 0 Å². The van der Waals surface area contributed by atoms with Gasteiger partial charge < -0.3 is 15.4 Å². The number of amides is 1. The quantitative estimate of drug-likeness (QED) is 0.863. The molecule has 1 heterocycles. The predicted octanol–water partition coefficient (Wildman–Crippen LogP) is 4.35. The standard InChI is InChI=1S/C20H24N2O2/c1-13-5-7-14(8-6-13)19(23)22-17-12-15(20(2,3)4)11-16-18(17)24-10-9-21-16/h5-8,11-12,21H,9-10H2,1-4H3,(H,22,23). The Kier molecular flexibility index (Phi) is 4.22. The molecule has 0 radical (unpaired) electrons. The number of hydrogen-bond donors (Lipinski definition) is 2. The Morgan fingerprint density at radius 1 is 1.17 bits per heavy atom. The molecular formula is C20H24N2O2. The molecule has 0 aromatic heterocycles. The second-order valence-corrected chi connectivity index (χ2v) is 7.25. The highest BCUT2D eigenvalue weighted by Gasteiger charge is 2.22. The smallest absolute Gasteiger partial charge is 0.255 e. The minimum Gasteiger partial charge on any atom is -0.487 e. The summed E-state index contributed by atoms with van der Waals surface area (Å²) in [7, 11) is 0. The molecular weight excluding hydrogens is 300 g/mol. The first-order valence-electron chi connectivity index (χ1n) is 8.28. The van der Waals surface area contributed by atoms with E-state index >= 15 is 0 Å².